The van der Waals surface area contributed by atoms with E-state index in [-0.39, 0.29) is 28.8 Å². The number of benzene rings is 1. The van der Waals surface area contributed by atoms with Crippen molar-refractivity contribution in [3.63, 3.8) is 0 Å². The van der Waals surface area contributed by atoms with Gasteiger partial charge in [0.15, 0.2) is 0 Å². The molecule has 1 aromatic carbocycles. The molecule has 4 aromatic rings. The number of fused-ring (bicyclic) bond motifs is 2. The van der Waals surface area contributed by atoms with Gasteiger partial charge >= 0.3 is 5.69 Å². The Bertz CT molecular complexity index is 1590. The number of aromatic nitrogens is 5. The number of aryl methyl sites for hydroxylation is 1. The summed E-state index contributed by atoms with van der Waals surface area (Å²) in [7, 11) is 2.88. The Labute approximate surface area is 192 Å². The third-order valence-electron chi connectivity index (χ3n) is 5.36. The summed E-state index contributed by atoms with van der Waals surface area (Å²) in [5, 5.41) is 1.08. The fraction of sp³-hybridized carbons (Fsp3) is 0.273. The molecule has 170 valence electrons. The molecular formula is C22H21ClN6O4. The summed E-state index contributed by atoms with van der Waals surface area (Å²) >= 11 is 6.03. The molecule has 0 saturated heterocycles. The maximum absolute atomic E-state index is 13.3. The van der Waals surface area contributed by atoms with Crippen LogP contribution in [0.15, 0.2) is 44.7 Å². The van der Waals surface area contributed by atoms with Gasteiger partial charge in [-0.3, -0.25) is 23.5 Å². The molecule has 0 aliphatic heterocycles. The Morgan fingerprint density at radius 2 is 1.79 bits per heavy atom. The fourth-order valence-electron chi connectivity index (χ4n) is 3.67. The normalized spacial score (nSPS) is 11.3. The number of pyridine rings is 1. The summed E-state index contributed by atoms with van der Waals surface area (Å²) in [6.45, 7) is 2.34. The highest BCUT2D eigenvalue weighted by Gasteiger charge is 2.20. The zero-order valence-corrected chi connectivity index (χ0v) is 19.0. The van der Waals surface area contributed by atoms with E-state index in [0.29, 0.717) is 34.7 Å². The van der Waals surface area contributed by atoms with Crippen molar-refractivity contribution in [3.05, 3.63) is 78.1 Å². The number of nitrogens with one attached hydrogen (secondary N) is 1. The zero-order chi connectivity index (χ0) is 23.9. The highest BCUT2D eigenvalue weighted by Crippen LogP contribution is 2.16. The molecule has 0 spiro atoms. The summed E-state index contributed by atoms with van der Waals surface area (Å²) < 4.78 is 2.21. The Balaban J connectivity index is 1.74. The largest absolute Gasteiger partial charge is 0.332 e. The van der Waals surface area contributed by atoms with Crippen LogP contribution in [0.5, 0.6) is 0 Å². The second-order valence-electron chi connectivity index (χ2n) is 7.67. The lowest BCUT2D eigenvalue weighted by Gasteiger charge is -2.21. The number of carbonyl (C=O) groups is 1. The van der Waals surface area contributed by atoms with Crippen LogP contribution in [-0.2, 0) is 20.6 Å². The maximum Gasteiger partial charge on any atom is 0.332 e. The molecule has 1 amide bonds. The second-order valence-corrected chi connectivity index (χ2v) is 8.11. The van der Waals surface area contributed by atoms with Crippen LogP contribution in [0.4, 0.5) is 0 Å². The molecule has 3 aromatic heterocycles. The van der Waals surface area contributed by atoms with Gasteiger partial charge in [0.1, 0.15) is 17.2 Å². The van der Waals surface area contributed by atoms with E-state index in [4.69, 9.17) is 11.6 Å². The van der Waals surface area contributed by atoms with Gasteiger partial charge in [-0.25, -0.2) is 14.8 Å². The molecular weight excluding hydrogens is 448 g/mol. The first-order valence-corrected chi connectivity index (χ1v) is 10.6. The lowest BCUT2D eigenvalue weighted by atomic mass is 10.2. The molecule has 11 heteroatoms. The van der Waals surface area contributed by atoms with Crippen molar-refractivity contribution in [2.75, 3.05) is 6.54 Å². The molecule has 33 heavy (non-hydrogen) atoms. The minimum atomic E-state index is -0.536. The highest BCUT2D eigenvalue weighted by molar-refractivity contribution is 6.31. The molecule has 0 saturated carbocycles. The monoisotopic (exact) mass is 468 g/mol. The number of carbonyl (C=O) groups excluding carboxylic acids is 1. The number of amides is 1. The Hall–Kier alpha value is -3.79. The first-order valence-electron chi connectivity index (χ1n) is 10.3. The number of rotatable bonds is 5. The predicted octanol–water partition coefficient (Wildman–Crippen LogP) is 1.57. The minimum Gasteiger partial charge on any atom is -0.330 e. The molecule has 1 N–H and O–H groups in total. The van der Waals surface area contributed by atoms with Crippen LogP contribution < -0.4 is 16.8 Å². The van der Waals surface area contributed by atoms with Crippen LogP contribution in [0, 0.1) is 0 Å². The van der Waals surface area contributed by atoms with Gasteiger partial charge in [-0.05, 0) is 36.8 Å². The molecule has 0 radical (unpaired) electrons. The van der Waals surface area contributed by atoms with Crippen molar-refractivity contribution in [3.8, 4) is 0 Å². The number of H-pyrrole nitrogens is 1. The van der Waals surface area contributed by atoms with Crippen LogP contribution in [0.2, 0.25) is 5.02 Å². The van der Waals surface area contributed by atoms with Crippen LogP contribution in [-0.4, -0.2) is 41.4 Å². The molecule has 10 nitrogen and oxygen atoms in total. The number of aromatic amines is 1. The Morgan fingerprint density at radius 3 is 2.52 bits per heavy atom. The van der Waals surface area contributed by atoms with E-state index in [1.54, 1.807) is 18.2 Å². The van der Waals surface area contributed by atoms with Gasteiger partial charge in [0, 0.05) is 25.7 Å². The maximum atomic E-state index is 13.3. The molecule has 4 rings (SSSR count). The van der Waals surface area contributed by atoms with Crippen LogP contribution in [0.1, 0.15) is 29.7 Å². The van der Waals surface area contributed by atoms with Gasteiger partial charge in [0.05, 0.1) is 22.8 Å². The number of nitrogens with zero attached hydrogens (tertiary/aromatic N) is 5. The number of hydrogen-bond donors (Lipinski definition) is 1. The third-order valence-corrected chi connectivity index (χ3v) is 5.59. The van der Waals surface area contributed by atoms with Gasteiger partial charge in [-0.15, -0.1) is 0 Å². The van der Waals surface area contributed by atoms with E-state index in [0.717, 1.165) is 4.57 Å². The van der Waals surface area contributed by atoms with E-state index >= 15 is 0 Å². The summed E-state index contributed by atoms with van der Waals surface area (Å²) in [5.74, 6) is -0.112. The van der Waals surface area contributed by atoms with E-state index in [9.17, 15) is 19.2 Å². The molecule has 0 atom stereocenters. The smallest absolute Gasteiger partial charge is 0.330 e. The molecule has 0 aliphatic carbocycles. The van der Waals surface area contributed by atoms with Crippen molar-refractivity contribution in [1.82, 2.24) is 29.0 Å². The third kappa shape index (κ3) is 4.05. The average molecular weight is 469 g/mol. The lowest BCUT2D eigenvalue weighted by molar-refractivity contribution is 0.0733. The summed E-state index contributed by atoms with van der Waals surface area (Å²) in [6, 6.07) is 7.73. The topological polar surface area (TPSA) is 123 Å². The highest BCUT2D eigenvalue weighted by atomic mass is 35.5. The molecule has 0 bridgehead atoms. The molecule has 3 heterocycles. The Morgan fingerprint density at radius 1 is 1.06 bits per heavy atom. The lowest BCUT2D eigenvalue weighted by Crippen LogP contribution is -2.38. The standard InChI is InChI=1S/C22H21ClN6O4/c1-4-9-29(11-17-24-16-10-12(23)5-6-13(16)19(30)26-17)21(32)15-8-7-14-18(25-15)27(2)22(33)28(3)20(14)31/h5-8,10H,4,9,11H2,1-3H3,(H,24,26,30). The van der Waals surface area contributed by atoms with Gasteiger partial charge in [-0.2, -0.15) is 0 Å². The SMILES string of the molecule is CCCN(Cc1nc2cc(Cl)ccc2c(=O)[nH]1)C(=O)c1ccc2c(=O)n(C)c(=O)n(C)c2n1. The van der Waals surface area contributed by atoms with Crippen molar-refractivity contribution >= 4 is 39.4 Å². The minimum absolute atomic E-state index is 0.0412. The van der Waals surface area contributed by atoms with Crippen molar-refractivity contribution < 1.29 is 4.79 Å². The summed E-state index contributed by atoms with van der Waals surface area (Å²) in [6.07, 6.45) is 0.655. The fourth-order valence-corrected chi connectivity index (χ4v) is 3.84. The van der Waals surface area contributed by atoms with E-state index in [1.165, 1.54) is 35.7 Å². The molecule has 0 aliphatic rings. The van der Waals surface area contributed by atoms with Gasteiger partial charge in [0.2, 0.25) is 0 Å². The van der Waals surface area contributed by atoms with E-state index in [2.05, 4.69) is 15.0 Å². The Kier molecular flexibility index (Phi) is 5.86. The van der Waals surface area contributed by atoms with E-state index in [1.807, 2.05) is 6.92 Å². The summed E-state index contributed by atoms with van der Waals surface area (Å²) in [5.41, 5.74) is -0.721. The average Bonchev–Trinajstić information content (AvgIpc) is 2.80. The summed E-state index contributed by atoms with van der Waals surface area (Å²) in [4.78, 5) is 63.4. The zero-order valence-electron chi connectivity index (χ0n) is 18.3. The van der Waals surface area contributed by atoms with Crippen molar-refractivity contribution in [1.29, 1.82) is 0 Å². The number of halogens is 1. The van der Waals surface area contributed by atoms with Crippen LogP contribution in [0.25, 0.3) is 21.9 Å². The molecule has 0 fully saturated rings. The van der Waals surface area contributed by atoms with Crippen LogP contribution >= 0.6 is 11.6 Å². The van der Waals surface area contributed by atoms with E-state index < -0.39 is 17.2 Å². The second kappa shape index (κ2) is 8.62. The quantitative estimate of drug-likeness (QED) is 0.474. The molecule has 0 unspecified atom stereocenters. The first kappa shape index (κ1) is 22.4. The van der Waals surface area contributed by atoms with Gasteiger partial charge < -0.3 is 9.88 Å². The van der Waals surface area contributed by atoms with Gasteiger partial charge in [0.25, 0.3) is 17.0 Å². The van der Waals surface area contributed by atoms with Crippen LogP contribution in [0.3, 0.4) is 0 Å². The van der Waals surface area contributed by atoms with Gasteiger partial charge in [-0.1, -0.05) is 18.5 Å². The number of hydrogen-bond acceptors (Lipinski definition) is 6. The van der Waals surface area contributed by atoms with Crippen molar-refractivity contribution in [2.45, 2.75) is 19.9 Å². The first-order chi connectivity index (χ1) is 15.7. The predicted molar refractivity (Wildman–Crippen MR) is 125 cm³/mol. The van der Waals surface area contributed by atoms with Crippen molar-refractivity contribution in [2.24, 2.45) is 14.1 Å².